The largest absolute Gasteiger partial charge is 0.139 e. The van der Waals surface area contributed by atoms with E-state index in [0.29, 0.717) is 5.92 Å². The Morgan fingerprint density at radius 1 is 1.00 bits per heavy atom. The number of hydrogen-bond acceptors (Lipinski definition) is 1. The average molecular weight is 198 g/mol. The fraction of sp³-hybridized carbons (Fsp3) is 0.0769. The Labute approximate surface area is 87.2 Å². The lowest BCUT2D eigenvalue weighted by Gasteiger charge is -1.98. The Hall–Kier alpha value is -1.34. The molecule has 0 radical (unpaired) electrons. The van der Waals surface area contributed by atoms with E-state index in [1.807, 2.05) is 11.3 Å². The molecule has 1 aromatic heterocycles. The summed E-state index contributed by atoms with van der Waals surface area (Å²) in [5, 5.41) is 1.36. The second-order valence-electron chi connectivity index (χ2n) is 3.48. The van der Waals surface area contributed by atoms with Crippen LogP contribution in [0.2, 0.25) is 0 Å². The van der Waals surface area contributed by atoms with E-state index in [0.717, 1.165) is 0 Å². The van der Waals surface area contributed by atoms with Gasteiger partial charge in [0.1, 0.15) is 0 Å². The second-order valence-corrected chi connectivity index (χ2v) is 4.60. The molecule has 1 aliphatic carbocycles. The predicted octanol–water partition coefficient (Wildman–Crippen LogP) is 4.11. The van der Waals surface area contributed by atoms with Crippen LogP contribution in [0.5, 0.6) is 0 Å². The fourth-order valence-electron chi connectivity index (χ4n) is 1.79. The average Bonchev–Trinajstić information content (AvgIpc) is 2.86. The Balaban J connectivity index is 2.14. The van der Waals surface area contributed by atoms with E-state index in [1.54, 1.807) is 0 Å². The molecular formula is C13H10S. The molecule has 1 heterocycles. The molecule has 0 nitrogen and oxygen atoms in total. The molecule has 0 saturated carbocycles. The maximum Gasteiger partial charge on any atom is 0.0346 e. The number of benzene rings is 1. The van der Waals surface area contributed by atoms with Crippen molar-refractivity contribution in [1.29, 1.82) is 0 Å². The monoisotopic (exact) mass is 198 g/mol. The van der Waals surface area contributed by atoms with Gasteiger partial charge in [-0.05, 0) is 17.5 Å². The van der Waals surface area contributed by atoms with E-state index < -0.39 is 0 Å². The van der Waals surface area contributed by atoms with E-state index in [1.165, 1.54) is 15.0 Å². The van der Waals surface area contributed by atoms with Crippen LogP contribution in [-0.4, -0.2) is 0 Å². The topological polar surface area (TPSA) is 0 Å². The van der Waals surface area contributed by atoms with Crippen molar-refractivity contribution in [2.75, 3.05) is 0 Å². The van der Waals surface area contributed by atoms with E-state index in [4.69, 9.17) is 0 Å². The summed E-state index contributed by atoms with van der Waals surface area (Å²) in [4.78, 5) is 1.44. The van der Waals surface area contributed by atoms with Crippen molar-refractivity contribution in [1.82, 2.24) is 0 Å². The molecule has 0 N–H and O–H groups in total. The first-order valence-electron chi connectivity index (χ1n) is 4.77. The first-order chi connectivity index (χ1) is 6.93. The second kappa shape index (κ2) is 3.10. The minimum absolute atomic E-state index is 0.507. The summed E-state index contributed by atoms with van der Waals surface area (Å²) < 4.78 is 1.39. The summed E-state index contributed by atoms with van der Waals surface area (Å²) in [6.07, 6.45) is 8.72. The van der Waals surface area contributed by atoms with Gasteiger partial charge in [-0.15, -0.1) is 11.3 Å². The number of thiophene rings is 1. The van der Waals surface area contributed by atoms with Crippen LogP contribution in [-0.2, 0) is 0 Å². The highest BCUT2D eigenvalue weighted by atomic mass is 32.1. The van der Waals surface area contributed by atoms with E-state index >= 15 is 0 Å². The van der Waals surface area contributed by atoms with Gasteiger partial charge < -0.3 is 0 Å². The van der Waals surface area contributed by atoms with Crippen LogP contribution in [0.25, 0.3) is 10.1 Å². The standard InChI is InChI=1S/C13H10S/c1-2-6-10(5-1)13-9-11-7-3-4-8-12(11)14-13/h1-10H. The zero-order chi connectivity index (χ0) is 9.38. The summed E-state index contributed by atoms with van der Waals surface area (Å²) in [6.45, 7) is 0. The third-order valence-electron chi connectivity index (χ3n) is 2.52. The molecule has 2 aromatic rings. The van der Waals surface area contributed by atoms with E-state index in [-0.39, 0.29) is 0 Å². The lowest BCUT2D eigenvalue weighted by molar-refractivity contribution is 1.15. The van der Waals surface area contributed by atoms with Crippen molar-refractivity contribution in [3.05, 3.63) is 59.5 Å². The van der Waals surface area contributed by atoms with E-state index in [9.17, 15) is 0 Å². The van der Waals surface area contributed by atoms with Gasteiger partial charge in [0.05, 0.1) is 0 Å². The van der Waals surface area contributed by atoms with Gasteiger partial charge in [0, 0.05) is 15.5 Å². The van der Waals surface area contributed by atoms with Gasteiger partial charge in [0.15, 0.2) is 0 Å². The molecule has 3 rings (SSSR count). The molecule has 0 spiro atoms. The highest BCUT2D eigenvalue weighted by Gasteiger charge is 2.10. The number of rotatable bonds is 1. The molecule has 0 amide bonds. The van der Waals surface area contributed by atoms with Crippen molar-refractivity contribution in [3.63, 3.8) is 0 Å². The summed E-state index contributed by atoms with van der Waals surface area (Å²) in [6, 6.07) is 10.9. The summed E-state index contributed by atoms with van der Waals surface area (Å²) in [5.74, 6) is 0.507. The fourth-order valence-corrected chi connectivity index (χ4v) is 2.91. The SMILES string of the molecule is C1=CC(c2cc3ccccc3s2)C=C1. The summed E-state index contributed by atoms with van der Waals surface area (Å²) in [5.41, 5.74) is 0. The highest BCUT2D eigenvalue weighted by molar-refractivity contribution is 7.19. The molecule has 0 saturated heterocycles. The van der Waals surface area contributed by atoms with Crippen molar-refractivity contribution in [3.8, 4) is 0 Å². The Morgan fingerprint density at radius 3 is 2.57 bits per heavy atom. The first-order valence-corrected chi connectivity index (χ1v) is 5.58. The summed E-state index contributed by atoms with van der Waals surface area (Å²) in [7, 11) is 0. The van der Waals surface area contributed by atoms with Crippen molar-refractivity contribution in [2.24, 2.45) is 0 Å². The molecule has 0 fully saturated rings. The molecule has 0 atom stereocenters. The molecule has 0 bridgehead atoms. The normalized spacial score (nSPS) is 15.7. The van der Waals surface area contributed by atoms with Crippen LogP contribution in [0.3, 0.4) is 0 Å². The highest BCUT2D eigenvalue weighted by Crippen LogP contribution is 2.33. The minimum atomic E-state index is 0.507. The molecule has 14 heavy (non-hydrogen) atoms. The van der Waals surface area contributed by atoms with Crippen molar-refractivity contribution in [2.45, 2.75) is 5.92 Å². The zero-order valence-electron chi connectivity index (χ0n) is 7.68. The molecule has 68 valence electrons. The number of allylic oxidation sites excluding steroid dienone is 4. The Kier molecular flexibility index (Phi) is 1.78. The number of hydrogen-bond donors (Lipinski definition) is 0. The molecular weight excluding hydrogens is 188 g/mol. The molecule has 1 aromatic carbocycles. The Bertz CT molecular complexity index is 472. The maximum atomic E-state index is 2.30. The van der Waals surface area contributed by atoms with Crippen molar-refractivity contribution >= 4 is 21.4 Å². The molecule has 0 unspecified atom stereocenters. The zero-order valence-corrected chi connectivity index (χ0v) is 8.50. The van der Waals surface area contributed by atoms with Crippen LogP contribution < -0.4 is 0 Å². The third kappa shape index (κ3) is 1.21. The van der Waals surface area contributed by atoms with Crippen LogP contribution in [0.1, 0.15) is 10.8 Å². The lowest BCUT2D eigenvalue weighted by Crippen LogP contribution is -1.80. The van der Waals surface area contributed by atoms with Gasteiger partial charge in [-0.2, -0.15) is 0 Å². The molecule has 0 aliphatic heterocycles. The van der Waals surface area contributed by atoms with E-state index in [2.05, 4.69) is 54.6 Å². The third-order valence-corrected chi connectivity index (χ3v) is 3.74. The number of fused-ring (bicyclic) bond motifs is 1. The lowest BCUT2D eigenvalue weighted by atomic mass is 10.1. The smallest absolute Gasteiger partial charge is 0.0346 e. The predicted molar refractivity (Wildman–Crippen MR) is 62.8 cm³/mol. The Morgan fingerprint density at radius 2 is 1.79 bits per heavy atom. The van der Waals surface area contributed by atoms with Crippen LogP contribution in [0.4, 0.5) is 0 Å². The van der Waals surface area contributed by atoms with Gasteiger partial charge in [0.2, 0.25) is 0 Å². The molecule has 1 aliphatic rings. The van der Waals surface area contributed by atoms with Crippen LogP contribution in [0.15, 0.2) is 54.6 Å². The van der Waals surface area contributed by atoms with Gasteiger partial charge in [-0.1, -0.05) is 42.5 Å². The van der Waals surface area contributed by atoms with Crippen molar-refractivity contribution < 1.29 is 0 Å². The van der Waals surface area contributed by atoms with Gasteiger partial charge >= 0.3 is 0 Å². The maximum absolute atomic E-state index is 2.30. The summed E-state index contributed by atoms with van der Waals surface area (Å²) >= 11 is 1.89. The first kappa shape index (κ1) is 8.01. The van der Waals surface area contributed by atoms with Gasteiger partial charge in [-0.25, -0.2) is 0 Å². The molecule has 1 heteroatoms. The van der Waals surface area contributed by atoms with Gasteiger partial charge in [0.25, 0.3) is 0 Å². The minimum Gasteiger partial charge on any atom is -0.139 e. The van der Waals surface area contributed by atoms with Gasteiger partial charge in [-0.3, -0.25) is 0 Å². The quantitative estimate of drug-likeness (QED) is 0.647. The van der Waals surface area contributed by atoms with Crippen LogP contribution in [0, 0.1) is 0 Å². The van der Waals surface area contributed by atoms with Crippen LogP contribution >= 0.6 is 11.3 Å².